The van der Waals surface area contributed by atoms with Gasteiger partial charge in [0.1, 0.15) is 5.82 Å². The quantitative estimate of drug-likeness (QED) is 0.866. The van der Waals surface area contributed by atoms with Crippen LogP contribution in [0.3, 0.4) is 0 Å². The lowest BCUT2D eigenvalue weighted by atomic mass is 9.74. The lowest BCUT2D eigenvalue weighted by Crippen LogP contribution is -2.37. The number of aliphatic hydroxyl groups is 1. The molecule has 0 aromatic heterocycles. The molecule has 0 spiro atoms. The second kappa shape index (κ2) is 5.58. The smallest absolute Gasteiger partial charge is 0.123 e. The summed E-state index contributed by atoms with van der Waals surface area (Å²) in [6.07, 6.45) is 5.38. The van der Waals surface area contributed by atoms with Crippen molar-refractivity contribution in [2.24, 2.45) is 5.92 Å². The van der Waals surface area contributed by atoms with Crippen molar-refractivity contribution in [1.82, 2.24) is 0 Å². The van der Waals surface area contributed by atoms with Crippen LogP contribution >= 0.6 is 11.6 Å². The zero-order valence-corrected chi connectivity index (χ0v) is 11.5. The summed E-state index contributed by atoms with van der Waals surface area (Å²) >= 11 is 6.07. The van der Waals surface area contributed by atoms with Crippen LogP contribution in [0.2, 0.25) is 5.02 Å². The van der Waals surface area contributed by atoms with Gasteiger partial charge >= 0.3 is 0 Å². The van der Waals surface area contributed by atoms with Gasteiger partial charge in [-0.3, -0.25) is 0 Å². The summed E-state index contributed by atoms with van der Waals surface area (Å²) in [6.45, 7) is 2.16. The van der Waals surface area contributed by atoms with Crippen LogP contribution in [0.4, 0.5) is 4.39 Å². The summed E-state index contributed by atoms with van der Waals surface area (Å²) in [5.41, 5.74) is 0.00650. The van der Waals surface area contributed by atoms with E-state index in [1.165, 1.54) is 18.6 Å². The van der Waals surface area contributed by atoms with E-state index in [9.17, 15) is 9.50 Å². The van der Waals surface area contributed by atoms with Crippen LogP contribution in [0, 0.1) is 11.7 Å². The van der Waals surface area contributed by atoms with Gasteiger partial charge in [0.2, 0.25) is 0 Å². The third-order valence-electron chi connectivity index (χ3n) is 4.03. The second-order valence-corrected chi connectivity index (χ2v) is 5.91. The molecule has 0 saturated heterocycles. The Morgan fingerprint density at radius 1 is 1.50 bits per heavy atom. The maximum atomic E-state index is 13.2. The first-order valence-electron chi connectivity index (χ1n) is 6.69. The molecule has 100 valence electrons. The predicted molar refractivity (Wildman–Crippen MR) is 72.3 cm³/mol. The van der Waals surface area contributed by atoms with Crippen LogP contribution in [0.25, 0.3) is 0 Å². The highest BCUT2D eigenvalue weighted by atomic mass is 35.5. The van der Waals surface area contributed by atoms with Crippen molar-refractivity contribution in [3.05, 3.63) is 34.6 Å². The average Bonchev–Trinajstić information content (AvgIpc) is 2.33. The van der Waals surface area contributed by atoms with Gasteiger partial charge in [0.05, 0.1) is 5.60 Å². The van der Waals surface area contributed by atoms with Gasteiger partial charge in [-0.05, 0) is 42.5 Å². The van der Waals surface area contributed by atoms with Crippen molar-refractivity contribution >= 4 is 11.6 Å². The number of rotatable bonds is 3. The lowest BCUT2D eigenvalue weighted by molar-refractivity contribution is -0.0162. The molecule has 1 fully saturated rings. The molecule has 0 radical (unpaired) electrons. The Labute approximate surface area is 113 Å². The minimum absolute atomic E-state index is 0.291. The number of benzene rings is 1. The molecule has 1 aromatic rings. The van der Waals surface area contributed by atoms with Gasteiger partial charge in [-0.25, -0.2) is 4.39 Å². The first-order chi connectivity index (χ1) is 8.52. The SMILES string of the molecule is CCC1CCCC(O)(Cc2cc(F)ccc2Cl)C1. The van der Waals surface area contributed by atoms with E-state index in [1.807, 2.05) is 0 Å². The first-order valence-corrected chi connectivity index (χ1v) is 7.06. The van der Waals surface area contributed by atoms with Gasteiger partial charge in [0, 0.05) is 11.4 Å². The minimum atomic E-state index is -0.712. The fourth-order valence-electron chi connectivity index (χ4n) is 3.00. The average molecular weight is 271 g/mol. The van der Waals surface area contributed by atoms with E-state index in [4.69, 9.17) is 11.6 Å². The number of hydrogen-bond donors (Lipinski definition) is 1. The Morgan fingerprint density at radius 3 is 3.00 bits per heavy atom. The van der Waals surface area contributed by atoms with E-state index >= 15 is 0 Å². The van der Waals surface area contributed by atoms with Crippen LogP contribution in [0.5, 0.6) is 0 Å². The van der Waals surface area contributed by atoms with Gasteiger partial charge in [-0.2, -0.15) is 0 Å². The van der Waals surface area contributed by atoms with E-state index in [0.29, 0.717) is 17.4 Å². The standard InChI is InChI=1S/C15H20ClFO/c1-2-11-4-3-7-15(18,9-11)10-12-8-13(17)5-6-14(12)16/h5-6,8,11,18H,2-4,7,9-10H2,1H3. The molecule has 2 atom stereocenters. The molecule has 0 amide bonds. The third kappa shape index (κ3) is 3.24. The summed E-state index contributed by atoms with van der Waals surface area (Å²) < 4.78 is 13.2. The molecular weight excluding hydrogens is 251 g/mol. The highest BCUT2D eigenvalue weighted by Gasteiger charge is 2.34. The van der Waals surface area contributed by atoms with Crippen molar-refractivity contribution in [1.29, 1.82) is 0 Å². The Balaban J connectivity index is 2.14. The van der Waals surface area contributed by atoms with Crippen LogP contribution < -0.4 is 0 Å². The van der Waals surface area contributed by atoms with Gasteiger partial charge in [0.15, 0.2) is 0 Å². The zero-order valence-electron chi connectivity index (χ0n) is 10.8. The largest absolute Gasteiger partial charge is 0.390 e. The maximum Gasteiger partial charge on any atom is 0.123 e. The highest BCUT2D eigenvalue weighted by molar-refractivity contribution is 6.31. The molecule has 0 aliphatic heterocycles. The van der Waals surface area contributed by atoms with Gasteiger partial charge in [-0.1, -0.05) is 37.8 Å². The molecule has 0 heterocycles. The molecule has 1 nitrogen and oxygen atoms in total. The van der Waals surface area contributed by atoms with E-state index in [0.717, 1.165) is 31.2 Å². The Morgan fingerprint density at radius 2 is 2.28 bits per heavy atom. The molecule has 3 heteroatoms. The van der Waals surface area contributed by atoms with E-state index in [-0.39, 0.29) is 5.82 Å². The Kier molecular flexibility index (Phi) is 4.29. The van der Waals surface area contributed by atoms with E-state index in [1.54, 1.807) is 6.07 Å². The van der Waals surface area contributed by atoms with Gasteiger partial charge < -0.3 is 5.11 Å². The van der Waals surface area contributed by atoms with Crippen molar-refractivity contribution in [3.8, 4) is 0 Å². The number of hydrogen-bond acceptors (Lipinski definition) is 1. The minimum Gasteiger partial charge on any atom is -0.390 e. The summed E-state index contributed by atoms with van der Waals surface area (Å²) in [5.74, 6) is 0.289. The van der Waals surface area contributed by atoms with E-state index in [2.05, 4.69) is 6.92 Å². The normalized spacial score (nSPS) is 28.3. The molecule has 2 rings (SSSR count). The molecule has 1 aliphatic rings. The van der Waals surface area contributed by atoms with Crippen molar-refractivity contribution in [3.63, 3.8) is 0 Å². The summed E-state index contributed by atoms with van der Waals surface area (Å²) in [5, 5.41) is 11.2. The van der Waals surface area contributed by atoms with Gasteiger partial charge in [0.25, 0.3) is 0 Å². The van der Waals surface area contributed by atoms with Gasteiger partial charge in [-0.15, -0.1) is 0 Å². The molecule has 18 heavy (non-hydrogen) atoms. The van der Waals surface area contributed by atoms with Crippen molar-refractivity contribution in [2.45, 2.75) is 51.0 Å². The Hall–Kier alpha value is -0.600. The molecule has 1 aromatic carbocycles. The highest BCUT2D eigenvalue weighted by Crippen LogP contribution is 2.37. The molecule has 0 bridgehead atoms. The topological polar surface area (TPSA) is 20.2 Å². The zero-order chi connectivity index (χ0) is 13.2. The summed E-state index contributed by atoms with van der Waals surface area (Å²) in [4.78, 5) is 0. The molecule has 1 N–H and O–H groups in total. The Bertz CT molecular complexity index is 421. The maximum absolute atomic E-state index is 13.2. The van der Waals surface area contributed by atoms with Crippen LogP contribution in [-0.2, 0) is 6.42 Å². The fraction of sp³-hybridized carbons (Fsp3) is 0.600. The monoisotopic (exact) mass is 270 g/mol. The number of halogens is 2. The van der Waals surface area contributed by atoms with Crippen molar-refractivity contribution < 1.29 is 9.50 Å². The molecule has 1 saturated carbocycles. The van der Waals surface area contributed by atoms with Crippen LogP contribution in [0.15, 0.2) is 18.2 Å². The fourth-order valence-corrected chi connectivity index (χ4v) is 3.19. The van der Waals surface area contributed by atoms with Crippen molar-refractivity contribution in [2.75, 3.05) is 0 Å². The first kappa shape index (κ1) is 13.8. The molecule has 1 aliphatic carbocycles. The summed E-state index contributed by atoms with van der Waals surface area (Å²) in [6, 6.07) is 4.36. The second-order valence-electron chi connectivity index (χ2n) is 5.51. The predicted octanol–water partition coefficient (Wildman–Crippen LogP) is 4.35. The van der Waals surface area contributed by atoms with Crippen LogP contribution in [-0.4, -0.2) is 10.7 Å². The third-order valence-corrected chi connectivity index (χ3v) is 4.40. The van der Waals surface area contributed by atoms with E-state index < -0.39 is 5.60 Å². The molecule has 2 unspecified atom stereocenters. The molecular formula is C15H20ClFO. The lowest BCUT2D eigenvalue weighted by Gasteiger charge is -2.37. The summed E-state index contributed by atoms with van der Waals surface area (Å²) in [7, 11) is 0. The van der Waals surface area contributed by atoms with Crippen LogP contribution in [0.1, 0.15) is 44.6 Å².